The van der Waals surface area contributed by atoms with E-state index in [9.17, 15) is 0 Å². The molecule has 0 spiro atoms. The van der Waals surface area contributed by atoms with E-state index in [1.807, 2.05) is 11.6 Å². The number of hydrogen-bond donors (Lipinski definition) is 2. The van der Waals surface area contributed by atoms with Crippen LogP contribution in [0.3, 0.4) is 0 Å². The van der Waals surface area contributed by atoms with Crippen molar-refractivity contribution in [2.75, 3.05) is 0 Å². The number of rotatable bonds is 3. The monoisotopic (exact) mass is 218 g/mol. The van der Waals surface area contributed by atoms with E-state index in [0.29, 0.717) is 6.54 Å². The third-order valence-electron chi connectivity index (χ3n) is 1.44. The Morgan fingerprint density at radius 3 is 3.00 bits per heavy atom. The van der Waals surface area contributed by atoms with Gasteiger partial charge >= 0.3 is 0 Å². The molecule has 3 N–H and O–H groups in total. The Morgan fingerprint density at radius 2 is 2.55 bits per heavy atom. The summed E-state index contributed by atoms with van der Waals surface area (Å²) in [6.45, 7) is 3.54. The normalized spacial score (nSPS) is 10.5. The van der Waals surface area contributed by atoms with Crippen molar-refractivity contribution >= 4 is 15.9 Å². The second-order valence-electron chi connectivity index (χ2n) is 2.16. The van der Waals surface area contributed by atoms with Gasteiger partial charge in [0.1, 0.15) is 4.60 Å². The van der Waals surface area contributed by atoms with Gasteiger partial charge < -0.3 is 0 Å². The van der Waals surface area contributed by atoms with E-state index < -0.39 is 0 Å². The summed E-state index contributed by atoms with van der Waals surface area (Å²) in [5.41, 5.74) is 3.66. The highest BCUT2D eigenvalue weighted by Gasteiger charge is 2.04. The van der Waals surface area contributed by atoms with Crippen LogP contribution in [0.1, 0.15) is 12.5 Å². The van der Waals surface area contributed by atoms with E-state index in [1.165, 1.54) is 0 Å². The van der Waals surface area contributed by atoms with Crippen LogP contribution in [0.25, 0.3) is 0 Å². The average Bonchev–Trinajstić information content (AvgIpc) is 2.34. The standard InChI is InChI=1S/C6H11BrN4/c1-2-11-6(7)5(3-9-8)4-10-11/h4,9H,2-3,8H2,1H3. The minimum absolute atomic E-state index is 0.639. The van der Waals surface area contributed by atoms with Gasteiger partial charge in [0.15, 0.2) is 0 Å². The maximum atomic E-state index is 5.17. The van der Waals surface area contributed by atoms with Crippen LogP contribution in [0.2, 0.25) is 0 Å². The summed E-state index contributed by atoms with van der Waals surface area (Å²) in [5, 5.41) is 4.13. The van der Waals surface area contributed by atoms with Gasteiger partial charge in [0, 0.05) is 18.7 Å². The van der Waals surface area contributed by atoms with E-state index >= 15 is 0 Å². The molecule has 0 aromatic carbocycles. The van der Waals surface area contributed by atoms with Crippen molar-refractivity contribution in [3.05, 3.63) is 16.4 Å². The lowest BCUT2D eigenvalue weighted by Gasteiger charge is -1.98. The van der Waals surface area contributed by atoms with E-state index in [-0.39, 0.29) is 0 Å². The Kier molecular flexibility index (Phi) is 3.04. The van der Waals surface area contributed by atoms with Gasteiger partial charge in [-0.05, 0) is 22.9 Å². The van der Waals surface area contributed by atoms with Gasteiger partial charge in [0.05, 0.1) is 6.20 Å². The number of nitrogens with one attached hydrogen (secondary N) is 1. The summed E-state index contributed by atoms with van der Waals surface area (Å²) in [6.07, 6.45) is 1.80. The van der Waals surface area contributed by atoms with Gasteiger partial charge in [-0.25, -0.2) is 0 Å². The van der Waals surface area contributed by atoms with Crippen molar-refractivity contribution in [2.24, 2.45) is 5.84 Å². The molecule has 0 aliphatic carbocycles. The fourth-order valence-electron chi connectivity index (χ4n) is 0.858. The minimum Gasteiger partial charge on any atom is -0.271 e. The molecule has 0 radical (unpaired) electrons. The number of halogens is 1. The lowest BCUT2D eigenvalue weighted by atomic mass is 10.4. The zero-order valence-electron chi connectivity index (χ0n) is 6.34. The molecule has 0 unspecified atom stereocenters. The molecular weight excluding hydrogens is 208 g/mol. The molecule has 0 fully saturated rings. The van der Waals surface area contributed by atoms with Crippen LogP contribution in [-0.4, -0.2) is 9.78 Å². The molecule has 0 atom stereocenters. The van der Waals surface area contributed by atoms with Gasteiger partial charge in [-0.15, -0.1) is 0 Å². The highest BCUT2D eigenvalue weighted by molar-refractivity contribution is 9.10. The quantitative estimate of drug-likeness (QED) is 0.579. The number of hydrogen-bond acceptors (Lipinski definition) is 3. The molecular formula is C6H11BrN4. The summed E-state index contributed by atoms with van der Waals surface area (Å²) < 4.78 is 2.87. The average molecular weight is 219 g/mol. The molecule has 0 aliphatic heterocycles. The van der Waals surface area contributed by atoms with E-state index in [2.05, 4.69) is 26.5 Å². The van der Waals surface area contributed by atoms with Crippen LogP contribution < -0.4 is 11.3 Å². The zero-order chi connectivity index (χ0) is 8.27. The van der Waals surface area contributed by atoms with Gasteiger partial charge in [-0.2, -0.15) is 5.10 Å². The van der Waals surface area contributed by atoms with Crippen molar-refractivity contribution in [1.29, 1.82) is 0 Å². The van der Waals surface area contributed by atoms with Crippen molar-refractivity contribution in [3.63, 3.8) is 0 Å². The number of aromatic nitrogens is 2. The van der Waals surface area contributed by atoms with E-state index in [4.69, 9.17) is 5.84 Å². The summed E-state index contributed by atoms with van der Waals surface area (Å²) >= 11 is 3.42. The SMILES string of the molecule is CCn1ncc(CNN)c1Br. The number of nitrogens with zero attached hydrogens (tertiary/aromatic N) is 2. The molecule has 1 aromatic rings. The first-order chi connectivity index (χ1) is 5.29. The van der Waals surface area contributed by atoms with Crippen molar-refractivity contribution in [3.8, 4) is 0 Å². The Balaban J connectivity index is 2.82. The maximum Gasteiger partial charge on any atom is 0.108 e. The number of aryl methyl sites for hydroxylation is 1. The molecule has 62 valence electrons. The first-order valence-electron chi connectivity index (χ1n) is 3.43. The fraction of sp³-hybridized carbons (Fsp3) is 0.500. The summed E-state index contributed by atoms with van der Waals surface area (Å²) in [5.74, 6) is 5.17. The van der Waals surface area contributed by atoms with Crippen LogP contribution in [0.15, 0.2) is 10.8 Å². The van der Waals surface area contributed by atoms with Crippen LogP contribution in [0, 0.1) is 0 Å². The van der Waals surface area contributed by atoms with Crippen LogP contribution in [0.5, 0.6) is 0 Å². The molecule has 0 aliphatic rings. The highest BCUT2D eigenvalue weighted by atomic mass is 79.9. The highest BCUT2D eigenvalue weighted by Crippen LogP contribution is 2.15. The Hall–Kier alpha value is -0.390. The molecule has 4 nitrogen and oxygen atoms in total. The summed E-state index contributed by atoms with van der Waals surface area (Å²) in [6, 6.07) is 0. The largest absolute Gasteiger partial charge is 0.271 e. The summed E-state index contributed by atoms with van der Waals surface area (Å²) in [7, 11) is 0. The first kappa shape index (κ1) is 8.70. The van der Waals surface area contributed by atoms with Gasteiger partial charge in [0.25, 0.3) is 0 Å². The smallest absolute Gasteiger partial charge is 0.108 e. The van der Waals surface area contributed by atoms with Crippen LogP contribution in [0.4, 0.5) is 0 Å². The van der Waals surface area contributed by atoms with Crippen molar-refractivity contribution in [2.45, 2.75) is 20.0 Å². The Morgan fingerprint density at radius 1 is 1.82 bits per heavy atom. The molecule has 5 heteroatoms. The zero-order valence-corrected chi connectivity index (χ0v) is 7.93. The van der Waals surface area contributed by atoms with Crippen molar-refractivity contribution in [1.82, 2.24) is 15.2 Å². The molecule has 11 heavy (non-hydrogen) atoms. The lowest BCUT2D eigenvalue weighted by molar-refractivity contribution is 0.642. The molecule has 0 saturated carbocycles. The number of hydrazine groups is 1. The molecule has 1 rings (SSSR count). The second-order valence-corrected chi connectivity index (χ2v) is 2.91. The van der Waals surface area contributed by atoms with E-state index in [0.717, 1.165) is 16.7 Å². The second kappa shape index (κ2) is 3.85. The molecule has 0 amide bonds. The minimum atomic E-state index is 0.639. The molecule has 0 bridgehead atoms. The summed E-state index contributed by atoms with van der Waals surface area (Å²) in [4.78, 5) is 0. The third kappa shape index (κ3) is 1.79. The van der Waals surface area contributed by atoms with Crippen molar-refractivity contribution < 1.29 is 0 Å². The van der Waals surface area contributed by atoms with Gasteiger partial charge in [-0.3, -0.25) is 16.0 Å². The molecule has 1 aromatic heterocycles. The van der Waals surface area contributed by atoms with Gasteiger partial charge in [-0.1, -0.05) is 0 Å². The predicted octanol–water partition coefficient (Wildman–Crippen LogP) is 0.629. The third-order valence-corrected chi connectivity index (χ3v) is 2.36. The topological polar surface area (TPSA) is 55.9 Å². The van der Waals surface area contributed by atoms with E-state index in [1.54, 1.807) is 6.20 Å². The fourth-order valence-corrected chi connectivity index (χ4v) is 1.44. The van der Waals surface area contributed by atoms with Gasteiger partial charge in [0.2, 0.25) is 0 Å². The lowest BCUT2D eigenvalue weighted by Crippen LogP contribution is -2.20. The first-order valence-corrected chi connectivity index (χ1v) is 4.22. The Bertz CT molecular complexity index is 232. The Labute approximate surface area is 73.9 Å². The number of nitrogens with two attached hydrogens (primary N) is 1. The maximum absolute atomic E-state index is 5.17. The predicted molar refractivity (Wildman–Crippen MR) is 46.6 cm³/mol. The molecule has 0 saturated heterocycles. The van der Waals surface area contributed by atoms with Crippen LogP contribution in [-0.2, 0) is 13.1 Å². The molecule has 1 heterocycles. The van der Waals surface area contributed by atoms with Crippen LogP contribution >= 0.6 is 15.9 Å².